The topological polar surface area (TPSA) is 99.4 Å². The first-order valence-corrected chi connectivity index (χ1v) is 5.37. The summed E-state index contributed by atoms with van der Waals surface area (Å²) in [5, 5.41) is 35.5. The van der Waals surface area contributed by atoms with Crippen LogP contribution >= 0.6 is 11.6 Å². The number of ether oxygens (including phenoxy) is 2. The fourth-order valence-electron chi connectivity index (χ4n) is 1.47. The molecule has 1 aliphatic rings. The number of hydrogen-bond acceptors (Lipinski definition) is 6. The lowest BCUT2D eigenvalue weighted by atomic mass is 9.98. The van der Waals surface area contributed by atoms with Crippen LogP contribution in [0.4, 0.5) is 0 Å². The summed E-state index contributed by atoms with van der Waals surface area (Å²) in [5.74, 6) is 0. The van der Waals surface area contributed by atoms with Crippen LogP contribution in [0.5, 0.6) is 0 Å². The lowest BCUT2D eigenvalue weighted by molar-refractivity contribution is -0.319. The third kappa shape index (κ3) is 2.65. The van der Waals surface area contributed by atoms with E-state index < -0.39 is 36.3 Å². The van der Waals surface area contributed by atoms with Crippen molar-refractivity contribution in [3.63, 3.8) is 0 Å². The van der Waals surface area contributed by atoms with E-state index in [1.165, 1.54) is 0 Å². The average Bonchev–Trinajstić information content (AvgIpc) is 2.19. The summed E-state index contributed by atoms with van der Waals surface area (Å²) < 4.78 is 10.3. The third-order valence-electron chi connectivity index (χ3n) is 2.33. The average molecular weight is 257 g/mol. The summed E-state index contributed by atoms with van der Waals surface area (Å²) in [6, 6.07) is 0. The fourth-order valence-corrected chi connectivity index (χ4v) is 1.71. The molecule has 7 heteroatoms. The second-order valence-electron chi connectivity index (χ2n) is 4.03. The van der Waals surface area contributed by atoms with Gasteiger partial charge in [-0.2, -0.15) is 0 Å². The molecule has 1 aliphatic heterocycles. The third-order valence-corrected chi connectivity index (χ3v) is 2.78. The zero-order valence-corrected chi connectivity index (χ0v) is 9.83. The summed E-state index contributed by atoms with van der Waals surface area (Å²) in [6.07, 6.45) is -5.75. The number of hydrogen-bond donors (Lipinski definition) is 4. The zero-order valence-electron chi connectivity index (χ0n) is 9.08. The maximum atomic E-state index is 9.69. The molecule has 96 valence electrons. The van der Waals surface area contributed by atoms with Crippen LogP contribution in [-0.2, 0) is 9.47 Å². The molecule has 0 aromatic heterocycles. The molecule has 0 spiro atoms. The predicted molar refractivity (Wildman–Crippen MR) is 54.8 cm³/mol. The van der Waals surface area contributed by atoms with Crippen LogP contribution in [0.3, 0.4) is 0 Å². The van der Waals surface area contributed by atoms with Crippen molar-refractivity contribution in [1.82, 2.24) is 0 Å². The van der Waals surface area contributed by atoms with Gasteiger partial charge >= 0.3 is 0 Å². The molecule has 0 aromatic carbocycles. The van der Waals surface area contributed by atoms with Gasteiger partial charge < -0.3 is 29.9 Å². The molecule has 0 amide bonds. The van der Waals surface area contributed by atoms with Crippen LogP contribution in [0.25, 0.3) is 0 Å². The van der Waals surface area contributed by atoms with E-state index in [1.807, 2.05) is 0 Å². The maximum Gasteiger partial charge on any atom is 0.198 e. The molecule has 4 N–H and O–H groups in total. The minimum absolute atomic E-state index is 0.262. The van der Waals surface area contributed by atoms with Crippen molar-refractivity contribution in [2.75, 3.05) is 6.61 Å². The van der Waals surface area contributed by atoms with Crippen molar-refractivity contribution in [2.24, 2.45) is 0 Å². The lowest BCUT2D eigenvalue weighted by Crippen LogP contribution is -2.65. The maximum absolute atomic E-state index is 9.69. The molecular formula is C9H17ClO6. The van der Waals surface area contributed by atoms with Crippen LogP contribution < -0.4 is 0 Å². The smallest absolute Gasteiger partial charge is 0.198 e. The standard InChI is InChI=1S/C9H17ClO6/c1-4(2)15-8-7(13)9(10,14)6(12)5(3-11)16-8/h4-8,11-14H,3H2,1-2H3/t5-,6+,7+,8-,9+/m1/s1. The molecule has 6 nitrogen and oxygen atoms in total. The second-order valence-corrected chi connectivity index (χ2v) is 4.63. The predicted octanol–water partition coefficient (Wildman–Crippen LogP) is -1.22. The van der Waals surface area contributed by atoms with E-state index in [0.717, 1.165) is 0 Å². The second kappa shape index (κ2) is 5.14. The Hall–Kier alpha value is 0.0500. The Bertz CT molecular complexity index is 234. The quantitative estimate of drug-likeness (QED) is 0.473. The van der Waals surface area contributed by atoms with Crippen LogP contribution in [-0.4, -0.2) is 62.8 Å². The molecule has 1 saturated heterocycles. The Morgan fingerprint density at radius 1 is 1.38 bits per heavy atom. The highest BCUT2D eigenvalue weighted by atomic mass is 35.5. The van der Waals surface area contributed by atoms with E-state index in [4.69, 9.17) is 26.2 Å². The van der Waals surface area contributed by atoms with E-state index in [2.05, 4.69) is 0 Å². The van der Waals surface area contributed by atoms with Gasteiger partial charge in [-0.3, -0.25) is 0 Å². The minimum atomic E-state index is -2.30. The molecule has 1 fully saturated rings. The van der Waals surface area contributed by atoms with Crippen molar-refractivity contribution in [1.29, 1.82) is 0 Å². The highest BCUT2D eigenvalue weighted by Crippen LogP contribution is 2.33. The van der Waals surface area contributed by atoms with Gasteiger partial charge in [-0.1, -0.05) is 11.6 Å². The van der Waals surface area contributed by atoms with Crippen LogP contribution in [0, 0.1) is 0 Å². The number of aliphatic hydroxyl groups excluding tert-OH is 3. The molecule has 5 atom stereocenters. The van der Waals surface area contributed by atoms with Crippen LogP contribution in [0.15, 0.2) is 0 Å². The molecule has 16 heavy (non-hydrogen) atoms. The van der Waals surface area contributed by atoms with Crippen molar-refractivity contribution >= 4 is 11.6 Å². The molecule has 0 saturated carbocycles. The van der Waals surface area contributed by atoms with E-state index in [0.29, 0.717) is 0 Å². The molecule has 0 radical (unpaired) electrons. The summed E-state index contributed by atoms with van der Waals surface area (Å²) in [7, 11) is 0. The van der Waals surface area contributed by atoms with Gasteiger partial charge in [0.25, 0.3) is 0 Å². The van der Waals surface area contributed by atoms with E-state index in [1.54, 1.807) is 13.8 Å². The largest absolute Gasteiger partial charge is 0.394 e. The van der Waals surface area contributed by atoms with Crippen LogP contribution in [0.2, 0.25) is 0 Å². The first-order valence-electron chi connectivity index (χ1n) is 4.99. The Kier molecular flexibility index (Phi) is 4.53. The number of aliphatic hydroxyl groups is 4. The Labute approximate surface area is 98.4 Å². The number of alkyl halides is 1. The van der Waals surface area contributed by atoms with Gasteiger partial charge in [0.15, 0.2) is 17.5 Å². The van der Waals surface area contributed by atoms with Gasteiger partial charge in [0.1, 0.15) is 12.2 Å². The molecule has 0 unspecified atom stereocenters. The highest BCUT2D eigenvalue weighted by molar-refractivity contribution is 6.23. The lowest BCUT2D eigenvalue weighted by Gasteiger charge is -2.44. The van der Waals surface area contributed by atoms with Crippen LogP contribution in [0.1, 0.15) is 13.8 Å². The summed E-state index contributed by atoms with van der Waals surface area (Å²) in [5.41, 5.74) is 0. The Morgan fingerprint density at radius 3 is 2.38 bits per heavy atom. The van der Waals surface area contributed by atoms with Gasteiger partial charge in [0.2, 0.25) is 0 Å². The molecule has 1 rings (SSSR count). The highest BCUT2D eigenvalue weighted by Gasteiger charge is 2.54. The van der Waals surface area contributed by atoms with Crippen molar-refractivity contribution in [3.05, 3.63) is 0 Å². The van der Waals surface area contributed by atoms with Crippen molar-refractivity contribution in [2.45, 2.75) is 49.6 Å². The Balaban J connectivity index is 2.81. The Morgan fingerprint density at radius 2 is 1.94 bits per heavy atom. The summed E-state index contributed by atoms with van der Waals surface area (Å²) in [6.45, 7) is 2.88. The van der Waals surface area contributed by atoms with Gasteiger partial charge in [0, 0.05) is 0 Å². The summed E-state index contributed by atoms with van der Waals surface area (Å²) >= 11 is 5.61. The van der Waals surface area contributed by atoms with E-state index >= 15 is 0 Å². The van der Waals surface area contributed by atoms with E-state index in [-0.39, 0.29) is 6.10 Å². The molecule has 1 heterocycles. The normalized spacial score (nSPS) is 45.0. The van der Waals surface area contributed by atoms with Gasteiger partial charge in [-0.25, -0.2) is 0 Å². The van der Waals surface area contributed by atoms with Gasteiger partial charge in [-0.15, -0.1) is 0 Å². The monoisotopic (exact) mass is 256 g/mol. The minimum Gasteiger partial charge on any atom is -0.394 e. The first kappa shape index (κ1) is 14.1. The van der Waals surface area contributed by atoms with E-state index in [9.17, 15) is 15.3 Å². The first-order chi connectivity index (χ1) is 7.30. The van der Waals surface area contributed by atoms with Crippen molar-refractivity contribution in [3.8, 4) is 0 Å². The van der Waals surface area contributed by atoms with Gasteiger partial charge in [0.05, 0.1) is 12.7 Å². The number of halogens is 1. The van der Waals surface area contributed by atoms with Gasteiger partial charge in [-0.05, 0) is 13.8 Å². The zero-order chi connectivity index (χ0) is 12.5. The molecular weight excluding hydrogens is 240 g/mol. The molecule has 0 aliphatic carbocycles. The number of rotatable bonds is 3. The van der Waals surface area contributed by atoms with Crippen molar-refractivity contribution < 1.29 is 29.9 Å². The fraction of sp³-hybridized carbons (Fsp3) is 1.00. The SMILES string of the molecule is CC(C)O[C@@H]1O[C@H](CO)[C@H](O)[C@@](O)(Cl)[C@H]1O. The molecule has 0 bridgehead atoms. The summed E-state index contributed by atoms with van der Waals surface area (Å²) in [4.78, 5) is 0. The molecule has 0 aromatic rings.